The molecule has 1 aromatic carbocycles. The molecule has 0 fully saturated rings. The van der Waals surface area contributed by atoms with Crippen molar-refractivity contribution in [1.82, 2.24) is 0 Å². The van der Waals surface area contributed by atoms with Crippen molar-refractivity contribution in [3.63, 3.8) is 0 Å². The molecular weight excluding hydrogens is 246 g/mol. The maximum atomic E-state index is 10.5. The molecule has 0 aliphatic heterocycles. The van der Waals surface area contributed by atoms with Gasteiger partial charge in [-0.3, -0.25) is 0 Å². The normalized spacial score (nSPS) is 11.2. The van der Waals surface area contributed by atoms with E-state index in [1.165, 1.54) is 6.92 Å². The predicted molar refractivity (Wildman–Crippen MR) is 58.1 cm³/mol. The van der Waals surface area contributed by atoms with Crippen molar-refractivity contribution in [3.8, 4) is 0 Å². The Labute approximate surface area is 90.9 Å². The molecule has 14 heavy (non-hydrogen) atoms. The molecule has 0 N–H and O–H groups in total. The van der Waals surface area contributed by atoms with Crippen LogP contribution in [0.5, 0.6) is 0 Å². The first-order valence-corrected chi connectivity index (χ1v) is 4.87. The number of oxime groups is 1. The maximum absolute atomic E-state index is 10.5. The molecule has 1 rings (SSSR count). The summed E-state index contributed by atoms with van der Waals surface area (Å²) in [6.07, 6.45) is 0. The third-order valence-electron chi connectivity index (χ3n) is 1.55. The summed E-state index contributed by atoms with van der Waals surface area (Å²) in [6, 6.07) is 7.62. The van der Waals surface area contributed by atoms with E-state index < -0.39 is 5.97 Å². The van der Waals surface area contributed by atoms with Crippen LogP contribution in [0.1, 0.15) is 19.4 Å². The topological polar surface area (TPSA) is 38.7 Å². The second-order valence-corrected chi connectivity index (χ2v) is 3.69. The first kappa shape index (κ1) is 10.9. The third-order valence-corrected chi connectivity index (χ3v) is 2.05. The fraction of sp³-hybridized carbons (Fsp3) is 0.200. The molecule has 0 aliphatic rings. The van der Waals surface area contributed by atoms with Gasteiger partial charge in [-0.2, -0.15) is 0 Å². The lowest BCUT2D eigenvalue weighted by atomic mass is 10.1. The second-order valence-electron chi connectivity index (χ2n) is 2.77. The fourth-order valence-corrected chi connectivity index (χ4v) is 1.30. The summed E-state index contributed by atoms with van der Waals surface area (Å²) in [5, 5.41) is 3.68. The lowest BCUT2D eigenvalue weighted by molar-refractivity contribution is -0.140. The van der Waals surface area contributed by atoms with Gasteiger partial charge in [-0.05, 0) is 19.1 Å². The van der Waals surface area contributed by atoms with Crippen molar-refractivity contribution < 1.29 is 9.63 Å². The molecule has 0 aromatic heterocycles. The van der Waals surface area contributed by atoms with E-state index in [1.54, 1.807) is 6.92 Å². The molecule has 0 atom stereocenters. The molecule has 0 unspecified atom stereocenters. The van der Waals surface area contributed by atoms with Gasteiger partial charge in [0.05, 0.1) is 5.71 Å². The Hall–Kier alpha value is -1.16. The highest BCUT2D eigenvalue weighted by Crippen LogP contribution is 2.12. The third kappa shape index (κ3) is 3.30. The molecule has 0 radical (unpaired) electrons. The molecule has 4 heteroatoms. The van der Waals surface area contributed by atoms with Crippen LogP contribution in [0.3, 0.4) is 0 Å². The summed E-state index contributed by atoms with van der Waals surface area (Å²) >= 11 is 3.35. The number of carbonyl (C=O) groups excluding carboxylic acids is 1. The van der Waals surface area contributed by atoms with Crippen LogP contribution in [-0.2, 0) is 9.63 Å². The van der Waals surface area contributed by atoms with Crippen molar-refractivity contribution in [2.24, 2.45) is 5.16 Å². The average Bonchev–Trinajstić information content (AvgIpc) is 2.14. The summed E-state index contributed by atoms with van der Waals surface area (Å²) in [5.74, 6) is -0.417. The van der Waals surface area contributed by atoms with E-state index >= 15 is 0 Å². The van der Waals surface area contributed by atoms with Gasteiger partial charge in [0.25, 0.3) is 0 Å². The van der Waals surface area contributed by atoms with E-state index in [0.717, 1.165) is 10.0 Å². The van der Waals surface area contributed by atoms with E-state index in [0.29, 0.717) is 5.71 Å². The number of halogens is 1. The smallest absolute Gasteiger partial charge is 0.318 e. The quantitative estimate of drug-likeness (QED) is 0.463. The molecule has 1 aromatic rings. The second kappa shape index (κ2) is 4.91. The minimum Gasteiger partial charge on any atom is -0.318 e. The van der Waals surface area contributed by atoms with E-state index in [-0.39, 0.29) is 0 Å². The summed E-state index contributed by atoms with van der Waals surface area (Å²) in [7, 11) is 0. The van der Waals surface area contributed by atoms with Gasteiger partial charge in [-0.15, -0.1) is 0 Å². The maximum Gasteiger partial charge on any atom is 0.331 e. The number of benzene rings is 1. The van der Waals surface area contributed by atoms with Gasteiger partial charge in [-0.25, -0.2) is 4.79 Å². The molecule has 0 saturated carbocycles. The molecule has 0 amide bonds. The van der Waals surface area contributed by atoms with Gasteiger partial charge in [0.1, 0.15) is 0 Å². The Kier molecular flexibility index (Phi) is 3.83. The van der Waals surface area contributed by atoms with Crippen molar-refractivity contribution in [1.29, 1.82) is 0 Å². The number of hydrogen-bond donors (Lipinski definition) is 0. The van der Waals surface area contributed by atoms with E-state index in [4.69, 9.17) is 0 Å². The Balaban J connectivity index is 2.83. The molecule has 0 saturated heterocycles. The zero-order valence-corrected chi connectivity index (χ0v) is 9.54. The fourth-order valence-electron chi connectivity index (χ4n) is 0.899. The van der Waals surface area contributed by atoms with Crippen LogP contribution in [-0.4, -0.2) is 11.7 Å². The summed E-state index contributed by atoms with van der Waals surface area (Å²) in [4.78, 5) is 15.0. The Morgan fingerprint density at radius 1 is 1.43 bits per heavy atom. The standard InChI is InChI=1S/C10H10BrNO2/c1-7(12-14-8(2)13)9-4-3-5-10(11)6-9/h3-6H,1-2H3/b12-7+. The monoisotopic (exact) mass is 255 g/mol. The summed E-state index contributed by atoms with van der Waals surface area (Å²) < 4.78 is 0.965. The van der Waals surface area contributed by atoms with Gasteiger partial charge in [0, 0.05) is 17.0 Å². The summed E-state index contributed by atoms with van der Waals surface area (Å²) in [5.41, 5.74) is 1.59. The van der Waals surface area contributed by atoms with Gasteiger partial charge in [0.2, 0.25) is 0 Å². The molecule has 74 valence electrons. The van der Waals surface area contributed by atoms with Crippen molar-refractivity contribution in [2.45, 2.75) is 13.8 Å². The highest BCUT2D eigenvalue weighted by atomic mass is 79.9. The van der Waals surface area contributed by atoms with Crippen molar-refractivity contribution >= 4 is 27.6 Å². The highest BCUT2D eigenvalue weighted by molar-refractivity contribution is 9.10. The minimum atomic E-state index is -0.417. The largest absolute Gasteiger partial charge is 0.331 e. The lowest BCUT2D eigenvalue weighted by Gasteiger charge is -1.99. The zero-order chi connectivity index (χ0) is 10.6. The van der Waals surface area contributed by atoms with Crippen LogP contribution in [0, 0.1) is 0 Å². The minimum absolute atomic E-state index is 0.417. The van der Waals surface area contributed by atoms with Gasteiger partial charge < -0.3 is 4.84 Å². The molecule has 0 aliphatic carbocycles. The first-order valence-electron chi connectivity index (χ1n) is 4.07. The van der Waals surface area contributed by atoms with Crippen LogP contribution in [0.15, 0.2) is 33.9 Å². The first-order chi connectivity index (χ1) is 6.59. The highest BCUT2D eigenvalue weighted by Gasteiger charge is 1.99. The van der Waals surface area contributed by atoms with Crippen molar-refractivity contribution in [3.05, 3.63) is 34.3 Å². The van der Waals surface area contributed by atoms with Crippen LogP contribution in [0.25, 0.3) is 0 Å². The van der Waals surface area contributed by atoms with E-state index in [9.17, 15) is 4.79 Å². The SMILES string of the molecule is CC(=O)O/N=C(\C)c1cccc(Br)c1. The molecular formula is C10H10BrNO2. The molecule has 3 nitrogen and oxygen atoms in total. The molecule has 0 heterocycles. The van der Waals surface area contributed by atoms with Gasteiger partial charge in [0.15, 0.2) is 0 Å². The molecule has 0 spiro atoms. The van der Waals surface area contributed by atoms with Crippen molar-refractivity contribution in [2.75, 3.05) is 0 Å². The van der Waals surface area contributed by atoms with Crippen LogP contribution in [0.4, 0.5) is 0 Å². The van der Waals surface area contributed by atoms with Gasteiger partial charge >= 0.3 is 5.97 Å². The van der Waals surface area contributed by atoms with Crippen LogP contribution >= 0.6 is 15.9 Å². The number of carbonyl (C=O) groups is 1. The number of nitrogens with zero attached hydrogens (tertiary/aromatic N) is 1. The zero-order valence-electron chi connectivity index (χ0n) is 7.95. The van der Waals surface area contributed by atoms with Gasteiger partial charge in [-0.1, -0.05) is 33.2 Å². The number of hydrogen-bond acceptors (Lipinski definition) is 3. The predicted octanol–water partition coefficient (Wildman–Crippen LogP) is 2.74. The van der Waals surface area contributed by atoms with E-state index in [2.05, 4.69) is 25.9 Å². The Morgan fingerprint density at radius 2 is 2.14 bits per heavy atom. The lowest BCUT2D eigenvalue weighted by Crippen LogP contribution is -1.99. The summed E-state index contributed by atoms with van der Waals surface area (Å²) in [6.45, 7) is 3.10. The number of rotatable bonds is 2. The van der Waals surface area contributed by atoms with E-state index in [1.807, 2.05) is 24.3 Å². The van der Waals surface area contributed by atoms with Crippen LogP contribution < -0.4 is 0 Å². The van der Waals surface area contributed by atoms with Crippen LogP contribution in [0.2, 0.25) is 0 Å². The Morgan fingerprint density at radius 3 is 2.71 bits per heavy atom. The molecule has 0 bridgehead atoms. The Bertz CT molecular complexity index is 374. The average molecular weight is 256 g/mol.